The number of carbonyl (C=O) groups is 1. The quantitative estimate of drug-likeness (QED) is 0.815. The van der Waals surface area contributed by atoms with Crippen LogP contribution in [0.5, 0.6) is 0 Å². The average molecular weight is 248 g/mol. The highest BCUT2D eigenvalue weighted by Gasteiger charge is 2.43. The van der Waals surface area contributed by atoms with Crippen LogP contribution in [0.1, 0.15) is 32.6 Å². The van der Waals surface area contributed by atoms with Crippen LogP contribution in [-0.2, 0) is 4.79 Å². The van der Waals surface area contributed by atoms with Gasteiger partial charge in [-0.3, -0.25) is 4.79 Å². The first-order valence-electron chi connectivity index (χ1n) is 5.61. The van der Waals surface area contributed by atoms with Crippen molar-refractivity contribution in [1.82, 2.24) is 5.32 Å². The van der Waals surface area contributed by atoms with Gasteiger partial charge < -0.3 is 5.32 Å². The molecule has 0 aromatic rings. The van der Waals surface area contributed by atoms with Crippen molar-refractivity contribution in [1.29, 1.82) is 5.26 Å². The van der Waals surface area contributed by atoms with E-state index in [9.17, 15) is 18.0 Å². The number of alkyl halides is 3. The lowest BCUT2D eigenvalue weighted by Crippen LogP contribution is -2.40. The molecule has 0 bridgehead atoms. The molecule has 0 aliphatic heterocycles. The number of amides is 1. The fraction of sp³-hybridized carbons (Fsp3) is 0.818. The maximum Gasteiger partial charge on any atom is 0.391 e. The van der Waals surface area contributed by atoms with Crippen molar-refractivity contribution in [3.63, 3.8) is 0 Å². The van der Waals surface area contributed by atoms with Gasteiger partial charge >= 0.3 is 6.18 Å². The fourth-order valence-corrected chi connectivity index (χ4v) is 2.09. The molecule has 1 aliphatic rings. The van der Waals surface area contributed by atoms with Crippen molar-refractivity contribution in [2.45, 2.75) is 44.8 Å². The summed E-state index contributed by atoms with van der Waals surface area (Å²) in [5.41, 5.74) is 0. The zero-order chi connectivity index (χ0) is 13.1. The Morgan fingerprint density at radius 1 is 1.47 bits per heavy atom. The first-order valence-corrected chi connectivity index (χ1v) is 5.61. The number of carbonyl (C=O) groups excluding carboxylic acids is 1. The van der Waals surface area contributed by atoms with Crippen LogP contribution < -0.4 is 5.32 Å². The van der Waals surface area contributed by atoms with E-state index >= 15 is 0 Å². The van der Waals surface area contributed by atoms with Crippen molar-refractivity contribution in [3.05, 3.63) is 0 Å². The summed E-state index contributed by atoms with van der Waals surface area (Å²) in [5, 5.41) is 10.9. The molecule has 1 aliphatic carbocycles. The Morgan fingerprint density at radius 3 is 2.65 bits per heavy atom. The molecule has 1 rings (SSSR count). The van der Waals surface area contributed by atoms with Gasteiger partial charge in [-0.15, -0.1) is 0 Å². The van der Waals surface area contributed by atoms with E-state index in [1.54, 1.807) is 0 Å². The SMILES string of the molecule is CC(C#N)NC(=O)C1CCCC(C(F)(F)F)C1. The molecule has 3 nitrogen and oxygen atoms in total. The second-order valence-electron chi connectivity index (χ2n) is 4.46. The summed E-state index contributed by atoms with van der Waals surface area (Å²) in [6.45, 7) is 1.50. The highest BCUT2D eigenvalue weighted by molar-refractivity contribution is 5.79. The van der Waals surface area contributed by atoms with Crippen LogP contribution in [0.2, 0.25) is 0 Å². The number of nitrogens with one attached hydrogen (secondary N) is 1. The molecule has 1 saturated carbocycles. The zero-order valence-electron chi connectivity index (χ0n) is 9.55. The molecule has 0 spiro atoms. The van der Waals surface area contributed by atoms with Gasteiger partial charge in [0, 0.05) is 5.92 Å². The van der Waals surface area contributed by atoms with Gasteiger partial charge in [0.1, 0.15) is 6.04 Å². The molecule has 6 heteroatoms. The molecule has 1 fully saturated rings. The van der Waals surface area contributed by atoms with E-state index in [0.29, 0.717) is 12.8 Å². The number of halogens is 3. The van der Waals surface area contributed by atoms with Gasteiger partial charge in [-0.2, -0.15) is 18.4 Å². The topological polar surface area (TPSA) is 52.9 Å². The van der Waals surface area contributed by atoms with Crippen LogP contribution >= 0.6 is 0 Å². The molecule has 1 amide bonds. The average Bonchev–Trinajstić information content (AvgIpc) is 2.28. The molecule has 3 unspecified atom stereocenters. The lowest BCUT2D eigenvalue weighted by molar-refractivity contribution is -0.186. The summed E-state index contributed by atoms with van der Waals surface area (Å²) in [4.78, 5) is 11.6. The summed E-state index contributed by atoms with van der Waals surface area (Å²) in [6.07, 6.45) is -3.41. The monoisotopic (exact) mass is 248 g/mol. The highest BCUT2D eigenvalue weighted by atomic mass is 19.4. The van der Waals surface area contributed by atoms with Crippen LogP contribution in [-0.4, -0.2) is 18.1 Å². The fourth-order valence-electron chi connectivity index (χ4n) is 2.09. The molecule has 0 aromatic heterocycles. The zero-order valence-corrected chi connectivity index (χ0v) is 9.55. The lowest BCUT2D eigenvalue weighted by atomic mass is 9.80. The minimum atomic E-state index is -4.22. The van der Waals surface area contributed by atoms with E-state index in [2.05, 4.69) is 5.32 Å². The Bertz CT molecular complexity index is 322. The maximum atomic E-state index is 12.5. The molecule has 1 N–H and O–H groups in total. The van der Waals surface area contributed by atoms with E-state index in [1.807, 2.05) is 6.07 Å². The van der Waals surface area contributed by atoms with Crippen molar-refractivity contribution in [2.75, 3.05) is 0 Å². The normalized spacial score (nSPS) is 27.0. The van der Waals surface area contributed by atoms with E-state index in [1.165, 1.54) is 6.92 Å². The van der Waals surface area contributed by atoms with Crippen molar-refractivity contribution in [2.24, 2.45) is 11.8 Å². The Balaban J connectivity index is 2.55. The van der Waals surface area contributed by atoms with Crippen molar-refractivity contribution < 1.29 is 18.0 Å². The molecule has 17 heavy (non-hydrogen) atoms. The summed E-state index contributed by atoms with van der Waals surface area (Å²) in [7, 11) is 0. The lowest BCUT2D eigenvalue weighted by Gasteiger charge is -2.29. The highest BCUT2D eigenvalue weighted by Crippen LogP contribution is 2.39. The maximum absolute atomic E-state index is 12.5. The van der Waals surface area contributed by atoms with Gasteiger partial charge in [-0.1, -0.05) is 6.42 Å². The predicted octanol–water partition coefficient (Wildman–Crippen LogP) is 2.38. The van der Waals surface area contributed by atoms with Gasteiger partial charge in [-0.05, 0) is 26.2 Å². The second kappa shape index (κ2) is 5.39. The van der Waals surface area contributed by atoms with Crippen LogP contribution in [0.3, 0.4) is 0 Å². The molecule has 0 heterocycles. The molecular formula is C11H15F3N2O. The van der Waals surface area contributed by atoms with Crippen LogP contribution in [0.4, 0.5) is 13.2 Å². The van der Waals surface area contributed by atoms with Gasteiger partial charge in [-0.25, -0.2) is 0 Å². The first kappa shape index (κ1) is 13.8. The molecular weight excluding hydrogens is 233 g/mol. The second-order valence-corrected chi connectivity index (χ2v) is 4.46. The molecule has 0 radical (unpaired) electrons. The number of hydrogen-bond acceptors (Lipinski definition) is 2. The van der Waals surface area contributed by atoms with Crippen molar-refractivity contribution >= 4 is 5.91 Å². The smallest absolute Gasteiger partial charge is 0.340 e. The Morgan fingerprint density at radius 2 is 2.12 bits per heavy atom. The molecule has 0 aromatic carbocycles. The van der Waals surface area contributed by atoms with E-state index in [-0.39, 0.29) is 12.8 Å². The standard InChI is InChI=1S/C11H15F3N2O/c1-7(6-15)16-10(17)8-3-2-4-9(5-8)11(12,13)14/h7-9H,2-5H2,1H3,(H,16,17). The molecule has 96 valence electrons. The van der Waals surface area contributed by atoms with Gasteiger partial charge in [0.2, 0.25) is 5.91 Å². The third-order valence-corrected chi connectivity index (χ3v) is 3.06. The van der Waals surface area contributed by atoms with Gasteiger partial charge in [0.05, 0.1) is 12.0 Å². The van der Waals surface area contributed by atoms with Crippen LogP contribution in [0.15, 0.2) is 0 Å². The van der Waals surface area contributed by atoms with E-state index < -0.39 is 30.0 Å². The van der Waals surface area contributed by atoms with Crippen molar-refractivity contribution in [3.8, 4) is 6.07 Å². The number of nitrogens with zero attached hydrogens (tertiary/aromatic N) is 1. The van der Waals surface area contributed by atoms with Gasteiger partial charge in [0.15, 0.2) is 0 Å². The number of rotatable bonds is 2. The first-order chi connectivity index (χ1) is 7.84. The Kier molecular flexibility index (Phi) is 4.38. The molecule has 0 saturated heterocycles. The Labute approximate surface area is 98.0 Å². The van der Waals surface area contributed by atoms with E-state index in [0.717, 1.165) is 0 Å². The van der Waals surface area contributed by atoms with Crippen LogP contribution in [0, 0.1) is 23.2 Å². The minimum Gasteiger partial charge on any atom is -0.340 e. The minimum absolute atomic E-state index is 0.0983. The number of nitriles is 1. The summed E-state index contributed by atoms with van der Waals surface area (Å²) < 4.78 is 37.6. The predicted molar refractivity (Wildman–Crippen MR) is 54.7 cm³/mol. The van der Waals surface area contributed by atoms with E-state index in [4.69, 9.17) is 5.26 Å². The summed E-state index contributed by atoms with van der Waals surface area (Å²) >= 11 is 0. The summed E-state index contributed by atoms with van der Waals surface area (Å²) in [5.74, 6) is -2.44. The molecule has 3 atom stereocenters. The third-order valence-electron chi connectivity index (χ3n) is 3.06. The number of hydrogen-bond donors (Lipinski definition) is 1. The third kappa shape index (κ3) is 3.91. The summed E-state index contributed by atoms with van der Waals surface area (Å²) in [6, 6.07) is 1.16. The van der Waals surface area contributed by atoms with Gasteiger partial charge in [0.25, 0.3) is 0 Å². The van der Waals surface area contributed by atoms with Crippen LogP contribution in [0.25, 0.3) is 0 Å². The Hall–Kier alpha value is -1.25. The largest absolute Gasteiger partial charge is 0.391 e.